The molecule has 1 aromatic carbocycles. The number of aromatic nitrogens is 3. The van der Waals surface area contributed by atoms with Gasteiger partial charge in [-0.2, -0.15) is 0 Å². The molecule has 25 heavy (non-hydrogen) atoms. The van der Waals surface area contributed by atoms with Gasteiger partial charge in [-0.3, -0.25) is 9.19 Å². The van der Waals surface area contributed by atoms with Crippen molar-refractivity contribution in [3.63, 3.8) is 0 Å². The molecule has 0 saturated carbocycles. The molecule has 2 aromatic heterocycles. The van der Waals surface area contributed by atoms with Gasteiger partial charge in [0.05, 0.1) is 39.9 Å². The molecule has 0 bridgehead atoms. The zero-order chi connectivity index (χ0) is 16.9. The number of unbranched alkanes of at least 4 members (excludes halogenated alkanes) is 1. The van der Waals surface area contributed by atoms with Crippen molar-refractivity contribution in [1.29, 1.82) is 0 Å². The number of benzene rings is 1. The molecule has 3 aromatic rings. The zero-order valence-corrected chi connectivity index (χ0v) is 17.7. The predicted octanol–water partition coefficient (Wildman–Crippen LogP) is 0.870. The summed E-state index contributed by atoms with van der Waals surface area (Å²) in [6.45, 7) is 4.78. The molecule has 2 heterocycles. The molecule has 0 aliphatic carbocycles. The Hall–Kier alpha value is -1.21. The van der Waals surface area contributed by atoms with Gasteiger partial charge in [0.1, 0.15) is 5.75 Å². The molecule has 0 spiro atoms. The summed E-state index contributed by atoms with van der Waals surface area (Å²) in [5.74, 6) is 1.13. The van der Waals surface area contributed by atoms with Crippen LogP contribution in [-0.4, -0.2) is 25.8 Å². The van der Waals surface area contributed by atoms with Crippen molar-refractivity contribution >= 4 is 21.8 Å². The van der Waals surface area contributed by atoms with E-state index in [-0.39, 0.29) is 31.0 Å². The molecule has 1 unspecified atom stereocenters. The van der Waals surface area contributed by atoms with Gasteiger partial charge in [0, 0.05) is 11.8 Å². The number of pyridine rings is 1. The van der Waals surface area contributed by atoms with E-state index >= 15 is 0 Å². The summed E-state index contributed by atoms with van der Waals surface area (Å²) >= 11 is 0. The Bertz CT molecular complexity index is 840. The van der Waals surface area contributed by atoms with Gasteiger partial charge in [0.15, 0.2) is 5.16 Å². The quantitative estimate of drug-likeness (QED) is 0.497. The molecule has 0 amide bonds. The second-order valence-corrected chi connectivity index (χ2v) is 7.00. The van der Waals surface area contributed by atoms with Crippen LogP contribution in [0.4, 0.5) is 0 Å². The van der Waals surface area contributed by atoms with Crippen LogP contribution in [0.15, 0.2) is 41.7 Å². The van der Waals surface area contributed by atoms with Gasteiger partial charge in [-0.05, 0) is 31.5 Å². The summed E-state index contributed by atoms with van der Waals surface area (Å²) < 4.78 is 18.4. The van der Waals surface area contributed by atoms with E-state index in [1.807, 2.05) is 37.3 Å². The van der Waals surface area contributed by atoms with Crippen LogP contribution in [0.3, 0.4) is 0 Å². The minimum absolute atomic E-state index is 0. The van der Waals surface area contributed by atoms with E-state index in [0.717, 1.165) is 40.9 Å². The van der Waals surface area contributed by atoms with Crippen LogP contribution in [0.5, 0.6) is 5.75 Å². The maximum Gasteiger partial charge on any atom is 1.00 e. The number of hydrogen-bond donors (Lipinski definition) is 1. The third-order valence-corrected chi connectivity index (χ3v) is 5.03. The third-order valence-electron chi connectivity index (χ3n) is 3.87. The fourth-order valence-electron chi connectivity index (χ4n) is 2.42. The Balaban J connectivity index is 0.00000169. The predicted molar refractivity (Wildman–Crippen MR) is 96.7 cm³/mol. The minimum atomic E-state index is -1.28. The number of nitrogens with one attached hydrogen (secondary N) is 1. The first-order valence-corrected chi connectivity index (χ1v) is 9.41. The van der Waals surface area contributed by atoms with Crippen molar-refractivity contribution in [2.24, 2.45) is 0 Å². The first-order chi connectivity index (χ1) is 11.7. The van der Waals surface area contributed by atoms with Crippen LogP contribution in [0.25, 0.3) is 11.0 Å². The number of ether oxygens (including phenoxy) is 1. The maximum absolute atomic E-state index is 12.6. The van der Waals surface area contributed by atoms with Crippen molar-refractivity contribution in [2.45, 2.75) is 37.6 Å². The standard InChI is InChI=1S/C18H21N3O2S.Na.H/c1-3-4-11-23-17-9-10-19-16(13(17)2)12-24(22)18-20-14-7-5-6-8-15(14)21-18;;/h5-10H,3-4,11-12H2,1-2H3,(H,20,21);;/q;+1;-1. The maximum atomic E-state index is 12.6. The molecule has 128 valence electrons. The summed E-state index contributed by atoms with van der Waals surface area (Å²) in [5.41, 5.74) is 3.44. The second-order valence-electron chi connectivity index (χ2n) is 5.63. The van der Waals surface area contributed by atoms with Crippen LogP contribution < -0.4 is 34.3 Å². The molecular weight excluding hydrogens is 345 g/mol. The number of imidazole rings is 1. The average molecular weight is 367 g/mol. The SMILES string of the molecule is CCCCOc1ccnc(CS(=O)c2nc3ccccc3[nH]2)c1C.[H-].[Na+]. The van der Waals surface area contributed by atoms with Gasteiger partial charge < -0.3 is 11.1 Å². The number of nitrogens with zero attached hydrogens (tertiary/aromatic N) is 2. The van der Waals surface area contributed by atoms with Crippen LogP contribution in [-0.2, 0) is 16.6 Å². The third kappa shape index (κ3) is 4.91. The molecule has 0 saturated heterocycles. The summed E-state index contributed by atoms with van der Waals surface area (Å²) in [5, 5.41) is 0.481. The fraction of sp³-hybridized carbons (Fsp3) is 0.333. The first kappa shape index (κ1) is 20.1. The summed E-state index contributed by atoms with van der Waals surface area (Å²) in [7, 11) is -1.28. The van der Waals surface area contributed by atoms with Gasteiger partial charge in [-0.25, -0.2) is 4.98 Å². The van der Waals surface area contributed by atoms with Crippen molar-refractivity contribution in [2.75, 3.05) is 6.61 Å². The van der Waals surface area contributed by atoms with Crippen LogP contribution in [0.1, 0.15) is 32.4 Å². The molecule has 5 nitrogen and oxygen atoms in total. The number of aromatic amines is 1. The molecule has 0 aliphatic rings. The largest absolute Gasteiger partial charge is 1.00 e. The van der Waals surface area contributed by atoms with E-state index in [4.69, 9.17) is 4.74 Å². The summed E-state index contributed by atoms with van der Waals surface area (Å²) in [4.78, 5) is 11.9. The Morgan fingerprint density at radius 3 is 2.84 bits per heavy atom. The van der Waals surface area contributed by atoms with Crippen molar-refractivity contribution in [3.8, 4) is 5.75 Å². The summed E-state index contributed by atoms with van der Waals surface area (Å²) in [6.07, 6.45) is 3.81. The average Bonchev–Trinajstić information content (AvgIpc) is 3.02. The van der Waals surface area contributed by atoms with E-state index in [0.29, 0.717) is 17.5 Å². The van der Waals surface area contributed by atoms with E-state index in [1.165, 1.54) is 0 Å². The molecule has 7 heteroatoms. The Labute approximate surface area is 173 Å². The Morgan fingerprint density at radius 2 is 2.08 bits per heavy atom. The monoisotopic (exact) mass is 367 g/mol. The second kappa shape index (κ2) is 9.48. The number of hydrogen-bond acceptors (Lipinski definition) is 4. The minimum Gasteiger partial charge on any atom is -1.00 e. The molecule has 0 fully saturated rings. The van der Waals surface area contributed by atoms with Gasteiger partial charge in [-0.1, -0.05) is 25.5 Å². The van der Waals surface area contributed by atoms with Gasteiger partial charge >= 0.3 is 29.6 Å². The normalized spacial score (nSPS) is 11.9. The van der Waals surface area contributed by atoms with E-state index in [9.17, 15) is 4.21 Å². The van der Waals surface area contributed by atoms with Gasteiger partial charge in [0.2, 0.25) is 0 Å². The molecule has 1 N–H and O–H groups in total. The number of H-pyrrole nitrogens is 1. The summed E-state index contributed by atoms with van der Waals surface area (Å²) in [6, 6.07) is 9.53. The number of rotatable bonds is 7. The van der Waals surface area contributed by atoms with Gasteiger partial charge in [-0.15, -0.1) is 0 Å². The van der Waals surface area contributed by atoms with E-state index < -0.39 is 10.8 Å². The van der Waals surface area contributed by atoms with Crippen LogP contribution >= 0.6 is 0 Å². The van der Waals surface area contributed by atoms with Crippen LogP contribution in [0, 0.1) is 6.92 Å². The van der Waals surface area contributed by atoms with E-state index in [1.54, 1.807) is 6.20 Å². The van der Waals surface area contributed by atoms with Crippen molar-refractivity contribution in [1.82, 2.24) is 15.0 Å². The molecule has 0 aliphatic heterocycles. The zero-order valence-electron chi connectivity index (χ0n) is 15.9. The first-order valence-electron chi connectivity index (χ1n) is 8.09. The smallest absolute Gasteiger partial charge is 1.00 e. The van der Waals surface area contributed by atoms with Crippen molar-refractivity contribution in [3.05, 3.63) is 47.8 Å². The number of para-hydroxylation sites is 2. The molecular formula is C18H22N3NaO2S. The van der Waals surface area contributed by atoms with Crippen molar-refractivity contribution < 1.29 is 39.9 Å². The molecule has 3 rings (SSSR count). The molecule has 1 atom stereocenters. The Kier molecular flexibility index (Phi) is 7.62. The topological polar surface area (TPSA) is 67.9 Å². The van der Waals surface area contributed by atoms with Crippen LogP contribution in [0.2, 0.25) is 0 Å². The van der Waals surface area contributed by atoms with Gasteiger partial charge in [0.25, 0.3) is 0 Å². The van der Waals surface area contributed by atoms with E-state index in [2.05, 4.69) is 21.9 Å². The Morgan fingerprint density at radius 1 is 1.28 bits per heavy atom. The fourth-order valence-corrected chi connectivity index (χ4v) is 3.52. The molecule has 0 radical (unpaired) electrons. The number of fused-ring (bicyclic) bond motifs is 1.